The monoisotopic (exact) mass is 495 g/mol. The predicted octanol–water partition coefficient (Wildman–Crippen LogP) is 5.07. The second-order valence-electron chi connectivity index (χ2n) is 10.3. The number of fused-ring (bicyclic) bond motifs is 3. The maximum Gasteiger partial charge on any atom is 0.410 e. The third-order valence-electron chi connectivity index (χ3n) is 6.68. The Morgan fingerprint density at radius 3 is 2.56 bits per heavy atom. The predicted molar refractivity (Wildman–Crippen MR) is 137 cm³/mol. The number of carbonyl (C=O) groups excluding carboxylic acids is 3. The minimum atomic E-state index is -1.17. The van der Waals surface area contributed by atoms with Gasteiger partial charge in [0.25, 0.3) is 0 Å². The van der Waals surface area contributed by atoms with Crippen molar-refractivity contribution < 1.29 is 28.6 Å². The molecule has 1 amide bonds. The van der Waals surface area contributed by atoms with Crippen molar-refractivity contribution in [3.63, 3.8) is 0 Å². The fourth-order valence-electron chi connectivity index (χ4n) is 5.05. The van der Waals surface area contributed by atoms with E-state index in [9.17, 15) is 14.4 Å². The van der Waals surface area contributed by atoms with Gasteiger partial charge in [0.1, 0.15) is 24.9 Å². The molecule has 0 saturated heterocycles. The van der Waals surface area contributed by atoms with Crippen molar-refractivity contribution in [2.45, 2.75) is 64.0 Å². The van der Waals surface area contributed by atoms with Crippen LogP contribution < -0.4 is 0 Å². The van der Waals surface area contributed by atoms with E-state index in [4.69, 9.17) is 14.2 Å². The van der Waals surface area contributed by atoms with E-state index in [1.54, 1.807) is 27.7 Å². The maximum atomic E-state index is 13.3. The van der Waals surface area contributed by atoms with Crippen molar-refractivity contribution in [3.8, 4) is 0 Å². The molecule has 4 atom stereocenters. The molecule has 0 fully saturated rings. The zero-order valence-corrected chi connectivity index (χ0v) is 21.9. The van der Waals surface area contributed by atoms with Crippen LogP contribution >= 0.6 is 0 Å². The van der Waals surface area contributed by atoms with Crippen molar-refractivity contribution in [2.75, 3.05) is 19.8 Å². The first-order chi connectivity index (χ1) is 17.0. The lowest BCUT2D eigenvalue weighted by molar-refractivity contribution is -0.164. The van der Waals surface area contributed by atoms with Gasteiger partial charge < -0.3 is 14.2 Å². The average molecular weight is 496 g/mol. The topological polar surface area (TPSA) is 82.1 Å². The van der Waals surface area contributed by atoms with Gasteiger partial charge in [-0.1, -0.05) is 68.1 Å². The van der Waals surface area contributed by atoms with Crippen LogP contribution in [0.15, 0.2) is 61.2 Å². The standard InChI is InChI=1S/C29H37NO6/c1-7-17-34-25(31)18-24(26(32)36-28(3,4)5)30(8-2)27(33)35-19-21-20-13-9-10-14-22(20)29(6)16-12-11-15-23(21)29/h7,9-16,21,23-24H,1,8,17-19H2,2-6H3/t21?,23?,24-,29?/m0/s1. The minimum Gasteiger partial charge on any atom is -0.461 e. The lowest BCUT2D eigenvalue weighted by atomic mass is 9.72. The lowest BCUT2D eigenvalue weighted by Crippen LogP contribution is -2.49. The van der Waals surface area contributed by atoms with Crippen molar-refractivity contribution in [2.24, 2.45) is 5.92 Å². The Hall–Kier alpha value is -3.35. The third kappa shape index (κ3) is 5.89. The van der Waals surface area contributed by atoms with Gasteiger partial charge in [0, 0.05) is 23.8 Å². The van der Waals surface area contributed by atoms with Crippen molar-refractivity contribution >= 4 is 18.0 Å². The van der Waals surface area contributed by atoms with Gasteiger partial charge in [0.15, 0.2) is 0 Å². The number of ether oxygens (including phenoxy) is 3. The summed E-state index contributed by atoms with van der Waals surface area (Å²) in [6.45, 7) is 13.0. The van der Waals surface area contributed by atoms with Crippen LogP contribution in [0.2, 0.25) is 0 Å². The highest BCUT2D eigenvalue weighted by atomic mass is 16.6. The average Bonchev–Trinajstić information content (AvgIpc) is 3.08. The number of carbonyl (C=O) groups is 3. The molecule has 0 bridgehead atoms. The van der Waals surface area contributed by atoms with Gasteiger partial charge in [0.2, 0.25) is 0 Å². The summed E-state index contributed by atoms with van der Waals surface area (Å²) >= 11 is 0. The Bertz CT molecular complexity index is 1050. The van der Waals surface area contributed by atoms with Gasteiger partial charge in [-0.05, 0) is 38.8 Å². The number of esters is 2. The molecular weight excluding hydrogens is 458 g/mol. The van der Waals surface area contributed by atoms with Crippen LogP contribution in [0.1, 0.15) is 58.1 Å². The molecule has 0 aliphatic heterocycles. The zero-order chi connectivity index (χ0) is 26.5. The number of allylic oxidation sites excluding steroid dienone is 4. The molecule has 1 aromatic rings. The number of hydrogen-bond donors (Lipinski definition) is 0. The van der Waals surface area contributed by atoms with Crippen LogP contribution in [0.4, 0.5) is 4.79 Å². The molecule has 2 aliphatic carbocycles. The van der Waals surface area contributed by atoms with Crippen LogP contribution in [0, 0.1) is 5.92 Å². The molecule has 2 aliphatic rings. The molecule has 7 nitrogen and oxygen atoms in total. The van der Waals surface area contributed by atoms with Gasteiger partial charge >= 0.3 is 18.0 Å². The van der Waals surface area contributed by atoms with E-state index in [2.05, 4.69) is 43.9 Å². The summed E-state index contributed by atoms with van der Waals surface area (Å²) < 4.78 is 16.4. The molecule has 0 heterocycles. The molecule has 3 rings (SSSR count). The molecule has 1 aromatic carbocycles. The molecule has 0 radical (unpaired) electrons. The van der Waals surface area contributed by atoms with E-state index < -0.39 is 29.7 Å². The molecule has 0 saturated carbocycles. The fraction of sp³-hybridized carbons (Fsp3) is 0.483. The van der Waals surface area contributed by atoms with E-state index >= 15 is 0 Å². The van der Waals surface area contributed by atoms with Crippen molar-refractivity contribution in [1.29, 1.82) is 0 Å². The second kappa shape index (κ2) is 11.1. The number of amides is 1. The van der Waals surface area contributed by atoms with E-state index in [0.29, 0.717) is 0 Å². The summed E-state index contributed by atoms with van der Waals surface area (Å²) in [4.78, 5) is 39.9. The molecule has 0 N–H and O–H groups in total. The van der Waals surface area contributed by atoms with Gasteiger partial charge in [-0.2, -0.15) is 0 Å². The molecule has 36 heavy (non-hydrogen) atoms. The number of likely N-dealkylation sites (N-methyl/N-ethyl adjacent to an activating group) is 1. The van der Waals surface area contributed by atoms with Crippen molar-refractivity contribution in [3.05, 3.63) is 72.4 Å². The van der Waals surface area contributed by atoms with Gasteiger partial charge in [-0.3, -0.25) is 9.69 Å². The maximum absolute atomic E-state index is 13.3. The molecular formula is C29H37NO6. The number of nitrogens with zero attached hydrogens (tertiary/aromatic N) is 1. The SMILES string of the molecule is C=CCOC(=O)C[C@@H](C(=O)OC(C)(C)C)N(CC)C(=O)OCC1c2ccccc2C2(C)C=CC=CC12. The Balaban J connectivity index is 1.79. The smallest absolute Gasteiger partial charge is 0.410 e. The summed E-state index contributed by atoms with van der Waals surface area (Å²) in [5, 5.41) is 0. The lowest BCUT2D eigenvalue weighted by Gasteiger charge is -2.33. The summed E-state index contributed by atoms with van der Waals surface area (Å²) in [5.41, 5.74) is 1.40. The van der Waals surface area contributed by atoms with Gasteiger partial charge in [-0.25, -0.2) is 9.59 Å². The van der Waals surface area contributed by atoms with Crippen LogP contribution in [0.3, 0.4) is 0 Å². The highest BCUT2D eigenvalue weighted by molar-refractivity contribution is 5.86. The zero-order valence-electron chi connectivity index (χ0n) is 21.9. The van der Waals surface area contributed by atoms with Crippen LogP contribution in [-0.2, 0) is 29.2 Å². The fourth-order valence-corrected chi connectivity index (χ4v) is 5.05. The van der Waals surface area contributed by atoms with Crippen molar-refractivity contribution in [1.82, 2.24) is 4.90 Å². The van der Waals surface area contributed by atoms with E-state index in [0.717, 1.165) is 5.56 Å². The summed E-state index contributed by atoms with van der Waals surface area (Å²) in [5.74, 6) is -1.21. The van der Waals surface area contributed by atoms with Gasteiger partial charge in [-0.15, -0.1) is 0 Å². The molecule has 0 spiro atoms. The highest BCUT2D eigenvalue weighted by Gasteiger charge is 2.47. The van der Waals surface area contributed by atoms with Crippen LogP contribution in [-0.4, -0.2) is 54.3 Å². The Labute approximate surface area is 213 Å². The van der Waals surface area contributed by atoms with Crippen LogP contribution in [0.5, 0.6) is 0 Å². The summed E-state index contributed by atoms with van der Waals surface area (Å²) in [7, 11) is 0. The largest absolute Gasteiger partial charge is 0.461 e. The van der Waals surface area contributed by atoms with E-state index in [-0.39, 0.29) is 43.4 Å². The summed E-state index contributed by atoms with van der Waals surface area (Å²) in [6, 6.07) is 7.05. The number of benzene rings is 1. The quantitative estimate of drug-likeness (QED) is 0.270. The number of hydrogen-bond acceptors (Lipinski definition) is 6. The van der Waals surface area contributed by atoms with E-state index in [1.165, 1.54) is 16.5 Å². The van der Waals surface area contributed by atoms with Crippen LogP contribution in [0.25, 0.3) is 0 Å². The Morgan fingerprint density at radius 2 is 1.89 bits per heavy atom. The number of rotatable bonds is 9. The highest BCUT2D eigenvalue weighted by Crippen LogP contribution is 2.53. The second-order valence-corrected chi connectivity index (χ2v) is 10.3. The normalized spacial score (nSPS) is 22.7. The minimum absolute atomic E-state index is 0.0135. The third-order valence-corrected chi connectivity index (χ3v) is 6.68. The van der Waals surface area contributed by atoms with E-state index in [1.807, 2.05) is 18.2 Å². The molecule has 3 unspecified atom stereocenters. The molecule has 7 heteroatoms. The van der Waals surface area contributed by atoms with Gasteiger partial charge in [0.05, 0.1) is 6.42 Å². The first-order valence-electron chi connectivity index (χ1n) is 12.4. The Kier molecular flexibility index (Phi) is 8.43. The molecule has 0 aromatic heterocycles. The molecule has 194 valence electrons. The first-order valence-corrected chi connectivity index (χ1v) is 12.4. The summed E-state index contributed by atoms with van der Waals surface area (Å²) in [6.07, 6.45) is 8.86. The Morgan fingerprint density at radius 1 is 1.17 bits per heavy atom. The first kappa shape index (κ1) is 27.2.